The minimum Gasteiger partial charge on any atom is -0.355 e. The summed E-state index contributed by atoms with van der Waals surface area (Å²) in [5, 5.41) is 2.86. The van der Waals surface area contributed by atoms with Crippen LogP contribution in [0.25, 0.3) is 0 Å². The van der Waals surface area contributed by atoms with Crippen molar-refractivity contribution >= 4 is 33.3 Å². The van der Waals surface area contributed by atoms with Gasteiger partial charge in [0.15, 0.2) is 0 Å². The van der Waals surface area contributed by atoms with Gasteiger partial charge in [-0.25, -0.2) is 9.97 Å². The average molecular weight is 389 g/mol. The topological polar surface area (TPSA) is 58.1 Å². The number of piperidine rings is 1. The van der Waals surface area contributed by atoms with Gasteiger partial charge >= 0.3 is 0 Å². The molecule has 0 aliphatic carbocycles. The van der Waals surface area contributed by atoms with Gasteiger partial charge in [-0.1, -0.05) is 22.9 Å². The van der Waals surface area contributed by atoms with Crippen LogP contribution in [0.5, 0.6) is 0 Å². The molecule has 1 saturated heterocycles. The van der Waals surface area contributed by atoms with Crippen molar-refractivity contribution < 1.29 is 4.79 Å². The third kappa shape index (κ3) is 3.93. The number of carbonyl (C=O) groups excluding carboxylic acids is 1. The van der Waals surface area contributed by atoms with E-state index in [0.29, 0.717) is 5.69 Å². The maximum Gasteiger partial charge on any atom is 0.275 e. The largest absolute Gasteiger partial charge is 0.355 e. The van der Waals surface area contributed by atoms with Gasteiger partial charge in [-0.2, -0.15) is 0 Å². The van der Waals surface area contributed by atoms with E-state index < -0.39 is 0 Å². The number of hydrogen-bond acceptors (Lipinski definition) is 4. The first-order chi connectivity index (χ1) is 11.5. The molecule has 1 aliphatic rings. The number of benzene rings is 1. The third-order valence-electron chi connectivity index (χ3n) is 4.39. The van der Waals surface area contributed by atoms with E-state index in [2.05, 4.69) is 43.0 Å². The minimum absolute atomic E-state index is 0.247. The molecule has 1 aliphatic heterocycles. The van der Waals surface area contributed by atoms with Gasteiger partial charge in [-0.15, -0.1) is 0 Å². The van der Waals surface area contributed by atoms with Crippen LogP contribution in [-0.2, 0) is 0 Å². The molecule has 24 heavy (non-hydrogen) atoms. The van der Waals surface area contributed by atoms with E-state index in [9.17, 15) is 4.79 Å². The number of hydrogen-bond donors (Lipinski definition) is 1. The fourth-order valence-corrected chi connectivity index (χ4v) is 3.00. The van der Waals surface area contributed by atoms with Crippen LogP contribution in [0.2, 0.25) is 0 Å². The van der Waals surface area contributed by atoms with Crippen LogP contribution in [0.1, 0.15) is 35.8 Å². The number of carbonyl (C=O) groups is 1. The number of aromatic nitrogens is 2. The fourth-order valence-electron chi connectivity index (χ4n) is 2.76. The van der Waals surface area contributed by atoms with Gasteiger partial charge in [-0.3, -0.25) is 4.79 Å². The first kappa shape index (κ1) is 16.9. The zero-order valence-corrected chi connectivity index (χ0v) is 15.5. The fraction of sp³-hybridized carbons (Fsp3) is 0.389. The molecule has 0 unspecified atom stereocenters. The standard InChI is InChI=1S/C18H21BrN4O/c1-12-5-7-23(8-6-12)17-11-20-16(10-21-17)18(24)22-14-3-4-15(19)13(2)9-14/h3-4,9-12H,5-8H2,1-2H3,(H,22,24). The molecule has 1 N–H and O–H groups in total. The molecule has 1 aromatic heterocycles. The van der Waals surface area contributed by atoms with Crippen LogP contribution >= 0.6 is 15.9 Å². The zero-order chi connectivity index (χ0) is 17.1. The minimum atomic E-state index is -0.247. The highest BCUT2D eigenvalue weighted by atomic mass is 79.9. The second kappa shape index (κ2) is 7.30. The molecule has 2 heterocycles. The highest BCUT2D eigenvalue weighted by molar-refractivity contribution is 9.10. The van der Waals surface area contributed by atoms with Crippen molar-refractivity contribution in [3.05, 3.63) is 46.3 Å². The van der Waals surface area contributed by atoms with Crippen molar-refractivity contribution in [2.45, 2.75) is 26.7 Å². The van der Waals surface area contributed by atoms with Crippen molar-refractivity contribution in [1.82, 2.24) is 9.97 Å². The number of halogens is 1. The second-order valence-corrected chi connectivity index (χ2v) is 7.20. The SMILES string of the molecule is Cc1cc(NC(=O)c2cnc(N3CCC(C)CC3)cn2)ccc1Br. The van der Waals surface area contributed by atoms with Gasteiger partial charge in [0.2, 0.25) is 0 Å². The van der Waals surface area contributed by atoms with Crippen LogP contribution in [0.3, 0.4) is 0 Å². The van der Waals surface area contributed by atoms with Gasteiger partial charge < -0.3 is 10.2 Å². The second-order valence-electron chi connectivity index (χ2n) is 6.35. The molecule has 1 aromatic carbocycles. The Kier molecular flexibility index (Phi) is 5.14. The molecular formula is C18H21BrN4O. The van der Waals surface area contributed by atoms with E-state index in [4.69, 9.17) is 0 Å². The Bertz CT molecular complexity index is 724. The summed E-state index contributed by atoms with van der Waals surface area (Å²) in [5.74, 6) is 1.37. The lowest BCUT2D eigenvalue weighted by atomic mass is 9.99. The van der Waals surface area contributed by atoms with Crippen LogP contribution in [-0.4, -0.2) is 29.0 Å². The first-order valence-electron chi connectivity index (χ1n) is 8.17. The number of nitrogens with one attached hydrogen (secondary N) is 1. The highest BCUT2D eigenvalue weighted by Crippen LogP contribution is 2.22. The Morgan fingerprint density at radius 2 is 2.00 bits per heavy atom. The van der Waals surface area contributed by atoms with Crippen LogP contribution in [0.4, 0.5) is 11.5 Å². The Balaban J connectivity index is 1.66. The summed E-state index contributed by atoms with van der Waals surface area (Å²) in [7, 11) is 0. The molecule has 0 saturated carbocycles. The molecule has 0 atom stereocenters. The molecule has 126 valence electrons. The molecule has 0 spiro atoms. The lowest BCUT2D eigenvalue weighted by Gasteiger charge is -2.30. The predicted molar refractivity (Wildman–Crippen MR) is 99.5 cm³/mol. The summed E-state index contributed by atoms with van der Waals surface area (Å²) in [6.07, 6.45) is 5.59. The van der Waals surface area contributed by atoms with Crippen molar-refractivity contribution in [3.8, 4) is 0 Å². The quantitative estimate of drug-likeness (QED) is 0.861. The molecule has 6 heteroatoms. The summed E-state index contributed by atoms with van der Waals surface area (Å²) in [5.41, 5.74) is 2.13. The average Bonchev–Trinajstić information content (AvgIpc) is 2.59. The predicted octanol–water partition coefficient (Wildman–Crippen LogP) is 4.04. The molecule has 1 fully saturated rings. The van der Waals surface area contributed by atoms with Crippen LogP contribution in [0, 0.1) is 12.8 Å². The molecule has 5 nitrogen and oxygen atoms in total. The number of amides is 1. The van der Waals surface area contributed by atoms with Crippen molar-refractivity contribution in [1.29, 1.82) is 0 Å². The zero-order valence-electron chi connectivity index (χ0n) is 13.9. The van der Waals surface area contributed by atoms with E-state index in [1.165, 1.54) is 12.8 Å². The first-order valence-corrected chi connectivity index (χ1v) is 8.97. The van der Waals surface area contributed by atoms with Crippen LogP contribution < -0.4 is 10.2 Å². The summed E-state index contributed by atoms with van der Waals surface area (Å²) < 4.78 is 1.01. The van der Waals surface area contributed by atoms with E-state index in [-0.39, 0.29) is 5.91 Å². The maximum absolute atomic E-state index is 12.3. The number of anilines is 2. The van der Waals surface area contributed by atoms with Crippen molar-refractivity contribution in [2.75, 3.05) is 23.3 Å². The Labute approximate surface area is 150 Å². The van der Waals surface area contributed by atoms with Crippen LogP contribution in [0.15, 0.2) is 35.1 Å². The highest BCUT2D eigenvalue weighted by Gasteiger charge is 2.18. The Morgan fingerprint density at radius 3 is 2.62 bits per heavy atom. The van der Waals surface area contributed by atoms with E-state index in [1.54, 1.807) is 12.4 Å². The summed E-state index contributed by atoms with van der Waals surface area (Å²) >= 11 is 3.45. The van der Waals surface area contributed by atoms with E-state index >= 15 is 0 Å². The molecule has 2 aromatic rings. The summed E-state index contributed by atoms with van der Waals surface area (Å²) in [6.45, 7) is 6.26. The monoisotopic (exact) mass is 388 g/mol. The van der Waals surface area contributed by atoms with Crippen molar-refractivity contribution in [3.63, 3.8) is 0 Å². The Hall–Kier alpha value is -1.95. The summed E-state index contributed by atoms with van der Waals surface area (Å²) in [4.78, 5) is 23.2. The number of rotatable bonds is 3. The van der Waals surface area contributed by atoms with Gasteiger partial charge in [0.05, 0.1) is 12.4 Å². The maximum atomic E-state index is 12.3. The number of aryl methyl sites for hydroxylation is 1. The molecular weight excluding hydrogens is 368 g/mol. The lowest BCUT2D eigenvalue weighted by molar-refractivity contribution is 0.102. The summed E-state index contributed by atoms with van der Waals surface area (Å²) in [6, 6.07) is 5.68. The smallest absolute Gasteiger partial charge is 0.275 e. The third-order valence-corrected chi connectivity index (χ3v) is 5.28. The van der Waals surface area contributed by atoms with Crippen molar-refractivity contribution in [2.24, 2.45) is 5.92 Å². The van der Waals surface area contributed by atoms with E-state index in [1.807, 2.05) is 25.1 Å². The normalized spacial score (nSPS) is 15.4. The molecule has 0 radical (unpaired) electrons. The number of nitrogens with zero attached hydrogens (tertiary/aromatic N) is 3. The van der Waals surface area contributed by atoms with E-state index in [0.717, 1.165) is 40.5 Å². The van der Waals surface area contributed by atoms with Gasteiger partial charge in [-0.05, 0) is 49.4 Å². The lowest BCUT2D eigenvalue weighted by Crippen LogP contribution is -2.33. The molecule has 1 amide bonds. The molecule has 0 bridgehead atoms. The molecule has 3 rings (SSSR count). The van der Waals surface area contributed by atoms with Gasteiger partial charge in [0.1, 0.15) is 11.5 Å². The van der Waals surface area contributed by atoms with Gasteiger partial charge in [0, 0.05) is 23.2 Å². The van der Waals surface area contributed by atoms with Gasteiger partial charge in [0.25, 0.3) is 5.91 Å². The Morgan fingerprint density at radius 1 is 1.25 bits per heavy atom.